The smallest absolute Gasteiger partial charge is 0.191 e. The van der Waals surface area contributed by atoms with Gasteiger partial charge < -0.3 is 15.4 Å². The molecule has 5 heteroatoms. The third-order valence-corrected chi connectivity index (χ3v) is 3.67. The molecule has 22 heavy (non-hydrogen) atoms. The standard InChI is InChI=1S/C17H25N3O.HI/c1-14(16-6-4-3-5-7-16)20-17(18-2)19-11-8-15-9-12-21-13-10-15;/h3-7,9,14H,8,10-13H2,1-2H3,(H2,18,19,20);1H. The van der Waals surface area contributed by atoms with Crippen LogP contribution in [0.5, 0.6) is 0 Å². The van der Waals surface area contributed by atoms with Crippen LogP contribution in [0.3, 0.4) is 0 Å². The molecule has 1 unspecified atom stereocenters. The molecule has 0 fully saturated rings. The highest BCUT2D eigenvalue weighted by Crippen LogP contribution is 2.12. The first-order valence-electron chi connectivity index (χ1n) is 7.57. The second-order valence-electron chi connectivity index (χ2n) is 5.21. The van der Waals surface area contributed by atoms with Crippen molar-refractivity contribution in [3.8, 4) is 0 Å². The number of hydrogen-bond donors (Lipinski definition) is 2. The maximum Gasteiger partial charge on any atom is 0.191 e. The predicted octanol–water partition coefficient (Wildman–Crippen LogP) is 3.27. The minimum absolute atomic E-state index is 0. The van der Waals surface area contributed by atoms with Gasteiger partial charge in [0.05, 0.1) is 19.3 Å². The summed E-state index contributed by atoms with van der Waals surface area (Å²) in [6.07, 6.45) is 4.28. The third kappa shape index (κ3) is 6.36. The van der Waals surface area contributed by atoms with E-state index in [1.54, 1.807) is 7.05 Å². The lowest BCUT2D eigenvalue weighted by atomic mass is 10.1. The minimum atomic E-state index is 0. The first-order valence-corrected chi connectivity index (χ1v) is 7.57. The molecule has 2 rings (SSSR count). The molecule has 1 aromatic carbocycles. The predicted molar refractivity (Wildman–Crippen MR) is 103 cm³/mol. The zero-order chi connectivity index (χ0) is 14.9. The first kappa shape index (κ1) is 19.0. The van der Waals surface area contributed by atoms with Gasteiger partial charge in [-0.05, 0) is 25.3 Å². The summed E-state index contributed by atoms with van der Waals surface area (Å²) < 4.78 is 5.32. The summed E-state index contributed by atoms with van der Waals surface area (Å²) in [5.74, 6) is 0.846. The molecule has 0 radical (unpaired) electrons. The molecular weight excluding hydrogens is 389 g/mol. The van der Waals surface area contributed by atoms with Gasteiger partial charge in [-0.3, -0.25) is 4.99 Å². The lowest BCUT2D eigenvalue weighted by Crippen LogP contribution is -2.39. The highest BCUT2D eigenvalue weighted by molar-refractivity contribution is 14.0. The molecule has 0 amide bonds. The van der Waals surface area contributed by atoms with Gasteiger partial charge in [0.2, 0.25) is 0 Å². The van der Waals surface area contributed by atoms with Crippen LogP contribution in [0, 0.1) is 0 Å². The van der Waals surface area contributed by atoms with Crippen molar-refractivity contribution in [1.82, 2.24) is 10.6 Å². The lowest BCUT2D eigenvalue weighted by molar-refractivity contribution is 0.153. The summed E-state index contributed by atoms with van der Waals surface area (Å²) in [6, 6.07) is 10.6. The largest absolute Gasteiger partial charge is 0.377 e. The van der Waals surface area contributed by atoms with Crippen molar-refractivity contribution in [3.63, 3.8) is 0 Å². The normalized spacial score (nSPS) is 16.3. The second-order valence-corrected chi connectivity index (χ2v) is 5.21. The van der Waals surface area contributed by atoms with E-state index in [1.165, 1.54) is 11.1 Å². The monoisotopic (exact) mass is 415 g/mol. The minimum Gasteiger partial charge on any atom is -0.377 e. The number of benzene rings is 1. The van der Waals surface area contributed by atoms with E-state index in [2.05, 4.69) is 52.9 Å². The van der Waals surface area contributed by atoms with Gasteiger partial charge >= 0.3 is 0 Å². The average Bonchev–Trinajstić information content (AvgIpc) is 2.55. The number of ether oxygens (including phenoxy) is 1. The Labute approximate surface area is 150 Å². The van der Waals surface area contributed by atoms with Crippen molar-refractivity contribution in [2.45, 2.75) is 25.8 Å². The maximum atomic E-state index is 5.32. The van der Waals surface area contributed by atoms with Crippen molar-refractivity contribution < 1.29 is 4.74 Å². The Morgan fingerprint density at radius 1 is 1.32 bits per heavy atom. The van der Waals surface area contributed by atoms with Gasteiger partial charge in [0.15, 0.2) is 5.96 Å². The third-order valence-electron chi connectivity index (χ3n) is 3.67. The molecule has 0 aromatic heterocycles. The van der Waals surface area contributed by atoms with E-state index in [0.717, 1.165) is 38.6 Å². The number of nitrogens with one attached hydrogen (secondary N) is 2. The average molecular weight is 415 g/mol. The topological polar surface area (TPSA) is 45.7 Å². The van der Waals surface area contributed by atoms with E-state index in [0.29, 0.717) is 0 Å². The number of guanidine groups is 1. The van der Waals surface area contributed by atoms with Crippen LogP contribution in [-0.4, -0.2) is 32.8 Å². The number of halogens is 1. The lowest BCUT2D eigenvalue weighted by Gasteiger charge is -2.19. The molecule has 122 valence electrons. The SMILES string of the molecule is CN=C(NCCC1=CCOCC1)NC(C)c1ccccc1.I. The molecule has 1 aliphatic rings. The van der Waals surface area contributed by atoms with Crippen LogP contribution in [0.2, 0.25) is 0 Å². The molecule has 0 saturated carbocycles. The number of aliphatic imine (C=N–C) groups is 1. The van der Waals surface area contributed by atoms with Crippen molar-refractivity contribution in [2.75, 3.05) is 26.8 Å². The summed E-state index contributed by atoms with van der Waals surface area (Å²) in [7, 11) is 1.81. The highest BCUT2D eigenvalue weighted by Gasteiger charge is 2.08. The molecule has 1 aromatic rings. The molecule has 1 aliphatic heterocycles. The molecule has 0 bridgehead atoms. The summed E-state index contributed by atoms with van der Waals surface area (Å²) in [5.41, 5.74) is 2.73. The summed E-state index contributed by atoms with van der Waals surface area (Å²) in [5, 5.41) is 6.79. The Morgan fingerprint density at radius 3 is 2.73 bits per heavy atom. The molecule has 1 heterocycles. The summed E-state index contributed by atoms with van der Waals surface area (Å²) in [4.78, 5) is 4.29. The van der Waals surface area contributed by atoms with E-state index >= 15 is 0 Å². The molecule has 4 nitrogen and oxygen atoms in total. The maximum absolute atomic E-state index is 5.32. The Morgan fingerprint density at radius 2 is 2.09 bits per heavy atom. The fourth-order valence-electron chi connectivity index (χ4n) is 2.36. The fraction of sp³-hybridized carbons (Fsp3) is 0.471. The molecule has 0 spiro atoms. The van der Waals surface area contributed by atoms with Crippen molar-refractivity contribution in [1.29, 1.82) is 0 Å². The van der Waals surface area contributed by atoms with Crippen LogP contribution in [0.1, 0.15) is 31.4 Å². The van der Waals surface area contributed by atoms with Crippen molar-refractivity contribution >= 4 is 29.9 Å². The quantitative estimate of drug-likeness (QED) is 0.336. The van der Waals surface area contributed by atoms with Crippen LogP contribution in [0.4, 0.5) is 0 Å². The van der Waals surface area contributed by atoms with E-state index in [-0.39, 0.29) is 30.0 Å². The first-order chi connectivity index (χ1) is 10.3. The van der Waals surface area contributed by atoms with Gasteiger partial charge in [-0.15, -0.1) is 24.0 Å². The number of nitrogens with zero attached hydrogens (tertiary/aromatic N) is 1. The van der Waals surface area contributed by atoms with Crippen LogP contribution in [-0.2, 0) is 4.74 Å². The van der Waals surface area contributed by atoms with Crippen molar-refractivity contribution in [2.24, 2.45) is 4.99 Å². The van der Waals surface area contributed by atoms with E-state index in [4.69, 9.17) is 4.74 Å². The van der Waals surface area contributed by atoms with Crippen molar-refractivity contribution in [3.05, 3.63) is 47.5 Å². The summed E-state index contributed by atoms with van der Waals surface area (Å²) in [6.45, 7) is 4.65. The Kier molecular flexibility index (Phi) is 9.15. The number of hydrogen-bond acceptors (Lipinski definition) is 2. The molecule has 0 aliphatic carbocycles. The zero-order valence-corrected chi connectivity index (χ0v) is 15.7. The number of rotatable bonds is 5. The fourth-order valence-corrected chi connectivity index (χ4v) is 2.36. The van der Waals surface area contributed by atoms with Gasteiger partial charge in [-0.2, -0.15) is 0 Å². The second kappa shape index (κ2) is 10.6. The van der Waals surface area contributed by atoms with Gasteiger partial charge in [-0.25, -0.2) is 0 Å². The van der Waals surface area contributed by atoms with Crippen LogP contribution in [0.15, 0.2) is 47.0 Å². The van der Waals surface area contributed by atoms with Crippen LogP contribution >= 0.6 is 24.0 Å². The Bertz CT molecular complexity index is 488. The molecule has 1 atom stereocenters. The Hall–Kier alpha value is -1.08. The molecule has 0 saturated heterocycles. The van der Waals surface area contributed by atoms with Gasteiger partial charge in [0, 0.05) is 13.6 Å². The zero-order valence-electron chi connectivity index (χ0n) is 13.3. The Balaban J connectivity index is 0.00000242. The van der Waals surface area contributed by atoms with Gasteiger partial charge in [0.1, 0.15) is 0 Å². The highest BCUT2D eigenvalue weighted by atomic mass is 127. The van der Waals surface area contributed by atoms with E-state index in [1.807, 2.05) is 6.07 Å². The summed E-state index contributed by atoms with van der Waals surface area (Å²) >= 11 is 0. The molecular formula is C17H26IN3O. The van der Waals surface area contributed by atoms with Gasteiger partial charge in [-0.1, -0.05) is 42.0 Å². The van der Waals surface area contributed by atoms with Crippen LogP contribution < -0.4 is 10.6 Å². The molecule has 2 N–H and O–H groups in total. The van der Waals surface area contributed by atoms with E-state index in [9.17, 15) is 0 Å². The van der Waals surface area contributed by atoms with E-state index < -0.39 is 0 Å². The van der Waals surface area contributed by atoms with Crippen LogP contribution in [0.25, 0.3) is 0 Å². The van der Waals surface area contributed by atoms with Gasteiger partial charge in [0.25, 0.3) is 0 Å².